The topological polar surface area (TPSA) is 118 Å². The summed E-state index contributed by atoms with van der Waals surface area (Å²) in [6.07, 6.45) is 0. The molecular weight excluding hydrogens is 456 g/mol. The molecule has 1 heterocycles. The van der Waals surface area contributed by atoms with E-state index in [0.29, 0.717) is 10.0 Å². The van der Waals surface area contributed by atoms with Gasteiger partial charge in [0.05, 0.1) is 15.8 Å². The maximum absolute atomic E-state index is 12.5. The highest BCUT2D eigenvalue weighted by Crippen LogP contribution is 2.25. The summed E-state index contributed by atoms with van der Waals surface area (Å²) < 4.78 is 54.6. The van der Waals surface area contributed by atoms with Crippen LogP contribution in [-0.2, 0) is 20.0 Å². The molecule has 12 heteroatoms. The first kappa shape index (κ1) is 21.7. The molecule has 0 radical (unpaired) electrons. The Morgan fingerprint density at radius 1 is 0.897 bits per heavy atom. The van der Waals surface area contributed by atoms with E-state index < -0.39 is 26.1 Å². The lowest BCUT2D eigenvalue weighted by Crippen LogP contribution is -2.26. The zero-order chi connectivity index (χ0) is 21.2. The Morgan fingerprint density at radius 2 is 1.45 bits per heavy atom. The fourth-order valence-electron chi connectivity index (χ4n) is 2.31. The van der Waals surface area contributed by atoms with E-state index in [9.17, 15) is 16.8 Å². The Hall–Kier alpha value is -2.05. The van der Waals surface area contributed by atoms with Crippen LogP contribution in [0.25, 0.3) is 0 Å². The first-order valence-corrected chi connectivity index (χ1v) is 12.4. The molecule has 0 fully saturated rings. The van der Waals surface area contributed by atoms with Gasteiger partial charge in [-0.3, -0.25) is 4.72 Å². The molecule has 0 aliphatic rings. The summed E-state index contributed by atoms with van der Waals surface area (Å²) in [7, 11) is -7.62. The summed E-state index contributed by atoms with van der Waals surface area (Å²) in [5.41, 5.74) is 0.934. The first-order valence-electron chi connectivity index (χ1n) is 8.28. The van der Waals surface area contributed by atoms with Gasteiger partial charge in [-0.05, 0) is 50.2 Å². The fraction of sp³-hybridized carbons (Fsp3) is 0.176. The lowest BCUT2D eigenvalue weighted by Gasteiger charge is -2.11. The van der Waals surface area contributed by atoms with Crippen molar-refractivity contribution < 1.29 is 16.8 Å². The van der Waals surface area contributed by atoms with Gasteiger partial charge in [-0.15, -0.1) is 10.2 Å². The molecule has 2 N–H and O–H groups in total. The number of aryl methyl sites for hydroxylation is 1. The highest BCUT2D eigenvalue weighted by Gasteiger charge is 2.22. The number of benzene rings is 2. The van der Waals surface area contributed by atoms with E-state index in [4.69, 9.17) is 11.6 Å². The van der Waals surface area contributed by atoms with E-state index in [2.05, 4.69) is 19.6 Å². The van der Waals surface area contributed by atoms with Crippen LogP contribution in [0.15, 0.2) is 58.3 Å². The third kappa shape index (κ3) is 5.31. The fourth-order valence-corrected chi connectivity index (χ4v) is 5.69. The molecule has 0 amide bonds. The second-order valence-electron chi connectivity index (χ2n) is 6.16. The predicted molar refractivity (Wildman–Crippen MR) is 112 cm³/mol. The van der Waals surface area contributed by atoms with Crippen LogP contribution in [0, 0.1) is 6.92 Å². The van der Waals surface area contributed by atoms with Gasteiger partial charge in [-0.1, -0.05) is 40.6 Å². The van der Waals surface area contributed by atoms with Gasteiger partial charge >= 0.3 is 0 Å². The maximum atomic E-state index is 12.5. The Bertz CT molecular complexity index is 1210. The van der Waals surface area contributed by atoms with E-state index in [1.165, 1.54) is 36.4 Å². The van der Waals surface area contributed by atoms with Crippen molar-refractivity contribution in [2.45, 2.75) is 29.7 Å². The van der Waals surface area contributed by atoms with Crippen LogP contribution in [0.3, 0.4) is 0 Å². The van der Waals surface area contributed by atoms with Gasteiger partial charge < -0.3 is 0 Å². The Balaban J connectivity index is 1.73. The second kappa shape index (κ2) is 8.36. The van der Waals surface area contributed by atoms with Gasteiger partial charge in [-0.2, -0.15) is 0 Å². The SMILES string of the molecule is Cc1ccc(S(=O)(=O)Nc2nnc(C(C)NS(=O)(=O)c3ccc(Cl)cc3)s2)cc1. The number of sulfonamides is 2. The van der Waals surface area contributed by atoms with Crippen molar-refractivity contribution in [2.24, 2.45) is 0 Å². The molecule has 3 rings (SSSR count). The molecule has 8 nitrogen and oxygen atoms in total. The molecule has 0 saturated heterocycles. The molecular formula is C17H17ClN4O4S3. The van der Waals surface area contributed by atoms with Crippen LogP contribution in [0.2, 0.25) is 5.02 Å². The number of nitrogens with zero attached hydrogens (tertiary/aromatic N) is 2. The van der Waals surface area contributed by atoms with Crippen molar-refractivity contribution in [2.75, 3.05) is 4.72 Å². The number of hydrogen-bond donors (Lipinski definition) is 2. The molecule has 1 aromatic heterocycles. The van der Waals surface area contributed by atoms with E-state index in [-0.39, 0.29) is 14.9 Å². The zero-order valence-corrected chi connectivity index (χ0v) is 18.5. The second-order valence-corrected chi connectivity index (χ2v) is 11.0. The summed E-state index contributed by atoms with van der Waals surface area (Å²) in [5.74, 6) is 0. The molecule has 154 valence electrons. The molecule has 0 spiro atoms. The number of rotatable bonds is 7. The Labute approximate surface area is 178 Å². The first-order chi connectivity index (χ1) is 13.6. The van der Waals surface area contributed by atoms with Crippen LogP contribution < -0.4 is 9.44 Å². The number of halogens is 1. The van der Waals surface area contributed by atoms with Gasteiger partial charge in [0.25, 0.3) is 10.0 Å². The molecule has 0 saturated carbocycles. The Kier molecular flexibility index (Phi) is 6.24. The standard InChI is InChI=1S/C17H17ClN4O4S3/c1-11-3-7-14(8-4-11)29(25,26)22-17-20-19-16(27-17)12(2)21-28(23,24)15-9-5-13(18)6-10-15/h3-10,12,21H,1-2H3,(H,20,22). The van der Waals surface area contributed by atoms with Crippen LogP contribution in [-0.4, -0.2) is 27.0 Å². The molecule has 1 atom stereocenters. The molecule has 1 unspecified atom stereocenters. The highest BCUT2D eigenvalue weighted by molar-refractivity contribution is 7.93. The molecule has 0 aliphatic heterocycles. The van der Waals surface area contributed by atoms with Crippen LogP contribution in [0.4, 0.5) is 5.13 Å². The van der Waals surface area contributed by atoms with Crippen molar-refractivity contribution in [3.8, 4) is 0 Å². The minimum Gasteiger partial charge on any atom is -0.253 e. The quantitative estimate of drug-likeness (QED) is 0.544. The van der Waals surface area contributed by atoms with Gasteiger partial charge in [0.15, 0.2) is 0 Å². The number of aromatic nitrogens is 2. The van der Waals surface area contributed by atoms with Crippen LogP contribution in [0.1, 0.15) is 23.5 Å². The van der Waals surface area contributed by atoms with Crippen LogP contribution >= 0.6 is 22.9 Å². The van der Waals surface area contributed by atoms with Gasteiger partial charge in [0.1, 0.15) is 5.01 Å². The van der Waals surface area contributed by atoms with Gasteiger partial charge in [0, 0.05) is 5.02 Å². The van der Waals surface area contributed by atoms with Crippen molar-refractivity contribution >= 4 is 48.1 Å². The normalized spacial score (nSPS) is 13.2. The van der Waals surface area contributed by atoms with Gasteiger partial charge in [0.2, 0.25) is 15.2 Å². The summed E-state index contributed by atoms with van der Waals surface area (Å²) in [4.78, 5) is 0.148. The van der Waals surface area contributed by atoms with E-state index in [0.717, 1.165) is 16.9 Å². The number of hydrogen-bond acceptors (Lipinski definition) is 7. The van der Waals surface area contributed by atoms with Crippen molar-refractivity contribution in [1.29, 1.82) is 0 Å². The number of anilines is 1. The summed E-state index contributed by atoms with van der Waals surface area (Å²) in [6, 6.07) is 11.4. The lowest BCUT2D eigenvalue weighted by molar-refractivity contribution is 0.565. The number of nitrogens with one attached hydrogen (secondary N) is 2. The average molecular weight is 473 g/mol. The lowest BCUT2D eigenvalue weighted by atomic mass is 10.2. The van der Waals surface area contributed by atoms with E-state index in [1.54, 1.807) is 19.1 Å². The summed E-state index contributed by atoms with van der Waals surface area (Å²) >= 11 is 6.73. The van der Waals surface area contributed by atoms with Crippen LogP contribution in [0.5, 0.6) is 0 Å². The largest absolute Gasteiger partial charge is 0.263 e. The monoisotopic (exact) mass is 472 g/mol. The molecule has 2 aromatic carbocycles. The summed E-state index contributed by atoms with van der Waals surface area (Å²) in [6.45, 7) is 3.44. The third-order valence-electron chi connectivity index (χ3n) is 3.82. The van der Waals surface area contributed by atoms with Gasteiger partial charge in [-0.25, -0.2) is 21.6 Å². The predicted octanol–water partition coefficient (Wildman–Crippen LogP) is 3.34. The molecule has 3 aromatic rings. The minimum absolute atomic E-state index is 0.0399. The van der Waals surface area contributed by atoms with E-state index >= 15 is 0 Å². The molecule has 0 aliphatic carbocycles. The van der Waals surface area contributed by atoms with E-state index in [1.807, 2.05) is 6.92 Å². The maximum Gasteiger partial charge on any atom is 0.263 e. The minimum atomic E-state index is -3.82. The average Bonchev–Trinajstić information content (AvgIpc) is 3.10. The van der Waals surface area contributed by atoms with Crippen molar-refractivity contribution in [3.63, 3.8) is 0 Å². The zero-order valence-electron chi connectivity index (χ0n) is 15.3. The molecule has 29 heavy (non-hydrogen) atoms. The summed E-state index contributed by atoms with van der Waals surface area (Å²) in [5, 5.41) is 8.47. The highest BCUT2D eigenvalue weighted by atomic mass is 35.5. The smallest absolute Gasteiger partial charge is 0.253 e. The third-order valence-corrected chi connectivity index (χ3v) is 8.13. The van der Waals surface area contributed by atoms with Crippen molar-refractivity contribution in [1.82, 2.24) is 14.9 Å². The Morgan fingerprint density at radius 3 is 2.07 bits per heavy atom. The molecule has 0 bridgehead atoms. The van der Waals surface area contributed by atoms with Crippen molar-refractivity contribution in [3.05, 3.63) is 64.1 Å².